The molecule has 0 saturated heterocycles. The average Bonchev–Trinajstić information content (AvgIpc) is 2.70. The summed E-state index contributed by atoms with van der Waals surface area (Å²) in [7, 11) is -3.37. The van der Waals surface area contributed by atoms with E-state index in [1.807, 2.05) is 6.92 Å². The molecule has 0 fully saturated rings. The third-order valence-corrected chi connectivity index (χ3v) is 5.98. The van der Waals surface area contributed by atoms with Gasteiger partial charge in [0.2, 0.25) is 0 Å². The van der Waals surface area contributed by atoms with E-state index in [1.165, 1.54) is 42.6 Å². The van der Waals surface area contributed by atoms with Gasteiger partial charge in [0.1, 0.15) is 0 Å². The highest BCUT2D eigenvalue weighted by atomic mass is 35.5. The van der Waals surface area contributed by atoms with Gasteiger partial charge in [0.15, 0.2) is 9.84 Å². The third kappa shape index (κ3) is 5.61. The Morgan fingerprint density at radius 3 is 1.94 bits per heavy atom. The molecule has 1 heterocycles. The van der Waals surface area contributed by atoms with Gasteiger partial charge in [-0.3, -0.25) is 14.6 Å². The van der Waals surface area contributed by atoms with Crippen LogP contribution in [-0.4, -0.2) is 31.5 Å². The second-order valence-corrected chi connectivity index (χ2v) is 9.54. The lowest BCUT2D eigenvalue weighted by Gasteiger charge is -2.13. The second kappa shape index (κ2) is 9.05. The number of hydrogen-bond acceptors (Lipinski definition) is 5. The summed E-state index contributed by atoms with van der Waals surface area (Å²) in [6.07, 6.45) is 2.54. The molecule has 0 aliphatic heterocycles. The largest absolute Gasteiger partial charge is 0.322 e. The van der Waals surface area contributed by atoms with Gasteiger partial charge >= 0.3 is 0 Å². The van der Waals surface area contributed by atoms with Crippen molar-refractivity contribution in [3.05, 3.63) is 81.6 Å². The molecule has 0 aliphatic rings. The molecule has 0 spiro atoms. The Kier molecular flexibility index (Phi) is 6.64. The van der Waals surface area contributed by atoms with E-state index in [0.29, 0.717) is 11.3 Å². The highest BCUT2D eigenvalue weighted by Gasteiger charge is 2.16. The van der Waals surface area contributed by atoms with E-state index in [4.69, 9.17) is 23.2 Å². The number of amides is 2. The molecule has 3 rings (SSSR count). The normalized spacial score (nSPS) is 11.1. The Labute approximate surface area is 189 Å². The van der Waals surface area contributed by atoms with Crippen LogP contribution in [0.4, 0.5) is 11.4 Å². The Morgan fingerprint density at radius 1 is 0.871 bits per heavy atom. The number of hydrogen-bond donors (Lipinski definition) is 2. The third-order valence-electron chi connectivity index (χ3n) is 4.26. The number of aromatic nitrogens is 1. The van der Waals surface area contributed by atoms with Crippen molar-refractivity contribution in [1.29, 1.82) is 0 Å². The first-order valence-electron chi connectivity index (χ1n) is 8.89. The smallest absolute Gasteiger partial charge is 0.257 e. The van der Waals surface area contributed by atoms with Crippen LogP contribution in [0.1, 0.15) is 26.4 Å². The summed E-state index contributed by atoms with van der Waals surface area (Å²) in [5, 5.41) is 5.50. The molecule has 7 nitrogen and oxygen atoms in total. The van der Waals surface area contributed by atoms with Gasteiger partial charge in [-0.25, -0.2) is 8.42 Å². The van der Waals surface area contributed by atoms with Crippen molar-refractivity contribution in [1.82, 2.24) is 4.98 Å². The van der Waals surface area contributed by atoms with Gasteiger partial charge < -0.3 is 10.6 Å². The van der Waals surface area contributed by atoms with Gasteiger partial charge in [-0.2, -0.15) is 0 Å². The number of aryl methyl sites for hydroxylation is 1. The summed E-state index contributed by atoms with van der Waals surface area (Å²) < 4.78 is 23.1. The molecule has 3 aromatic rings. The van der Waals surface area contributed by atoms with Crippen molar-refractivity contribution < 1.29 is 18.0 Å². The van der Waals surface area contributed by atoms with E-state index in [1.54, 1.807) is 12.1 Å². The van der Waals surface area contributed by atoms with Crippen molar-refractivity contribution in [3.8, 4) is 0 Å². The molecule has 0 radical (unpaired) electrons. The molecule has 10 heteroatoms. The summed E-state index contributed by atoms with van der Waals surface area (Å²) in [6.45, 7) is 1.81. The molecule has 1 aromatic heterocycles. The van der Waals surface area contributed by atoms with Crippen molar-refractivity contribution in [3.63, 3.8) is 0 Å². The van der Waals surface area contributed by atoms with Crippen LogP contribution in [0.5, 0.6) is 0 Å². The zero-order valence-corrected chi connectivity index (χ0v) is 18.8. The summed E-state index contributed by atoms with van der Waals surface area (Å²) >= 11 is 12.5. The van der Waals surface area contributed by atoms with E-state index >= 15 is 0 Å². The van der Waals surface area contributed by atoms with Crippen LogP contribution < -0.4 is 10.6 Å². The molecule has 31 heavy (non-hydrogen) atoms. The lowest BCUT2D eigenvalue weighted by Crippen LogP contribution is -2.14. The SMILES string of the molecule is Cc1ccc(C(=O)Nc2cc(Cl)c(NC(=O)c3ccc(S(C)(=O)=O)cc3)c(Cl)c2)cn1. The second-order valence-electron chi connectivity index (χ2n) is 6.71. The van der Waals surface area contributed by atoms with Gasteiger partial charge in [-0.05, 0) is 55.5 Å². The van der Waals surface area contributed by atoms with E-state index in [0.717, 1.165) is 11.9 Å². The van der Waals surface area contributed by atoms with Crippen LogP contribution in [-0.2, 0) is 9.84 Å². The lowest BCUT2D eigenvalue weighted by atomic mass is 10.2. The number of nitrogens with zero attached hydrogens (tertiary/aromatic N) is 1. The summed E-state index contributed by atoms with van der Waals surface area (Å²) in [6, 6.07) is 11.7. The average molecular weight is 478 g/mol. The van der Waals surface area contributed by atoms with E-state index in [2.05, 4.69) is 15.6 Å². The molecule has 0 bridgehead atoms. The number of carbonyl (C=O) groups is 2. The molecule has 2 aromatic carbocycles. The number of sulfone groups is 1. The number of rotatable bonds is 5. The minimum atomic E-state index is -3.37. The van der Waals surface area contributed by atoms with Gasteiger partial charge in [0, 0.05) is 29.4 Å². The number of halogens is 2. The summed E-state index contributed by atoms with van der Waals surface area (Å²) in [4.78, 5) is 29.0. The van der Waals surface area contributed by atoms with Crippen LogP contribution in [0.3, 0.4) is 0 Å². The Hall–Kier alpha value is -2.94. The first kappa shape index (κ1) is 22.7. The summed E-state index contributed by atoms with van der Waals surface area (Å²) in [5.41, 5.74) is 1.89. The minimum absolute atomic E-state index is 0.101. The number of pyridine rings is 1. The first-order valence-corrected chi connectivity index (χ1v) is 11.5. The maximum absolute atomic E-state index is 12.5. The number of nitrogens with one attached hydrogen (secondary N) is 2. The Balaban J connectivity index is 1.76. The first-order chi connectivity index (χ1) is 14.5. The van der Waals surface area contributed by atoms with Crippen LogP contribution in [0.2, 0.25) is 10.0 Å². The van der Waals surface area contributed by atoms with E-state index < -0.39 is 15.7 Å². The van der Waals surface area contributed by atoms with Gasteiger partial charge in [0.05, 0.1) is 26.2 Å². The lowest BCUT2D eigenvalue weighted by molar-refractivity contribution is 0.101. The van der Waals surface area contributed by atoms with Crippen LogP contribution in [0.25, 0.3) is 0 Å². The highest BCUT2D eigenvalue weighted by molar-refractivity contribution is 7.90. The van der Waals surface area contributed by atoms with Crippen molar-refractivity contribution >= 4 is 56.2 Å². The molecule has 160 valence electrons. The van der Waals surface area contributed by atoms with Gasteiger partial charge in [-0.15, -0.1) is 0 Å². The molecule has 2 N–H and O–H groups in total. The van der Waals surface area contributed by atoms with Crippen LogP contribution in [0, 0.1) is 6.92 Å². The van der Waals surface area contributed by atoms with Crippen LogP contribution in [0.15, 0.2) is 59.6 Å². The fourth-order valence-corrected chi connectivity index (χ4v) is 3.82. The quantitative estimate of drug-likeness (QED) is 0.558. The fraction of sp³-hybridized carbons (Fsp3) is 0.0952. The molecule has 0 atom stereocenters. The van der Waals surface area contributed by atoms with Gasteiger partial charge in [-0.1, -0.05) is 23.2 Å². The molecule has 0 unspecified atom stereocenters. The maximum Gasteiger partial charge on any atom is 0.257 e. The topological polar surface area (TPSA) is 105 Å². The fourth-order valence-electron chi connectivity index (χ4n) is 2.61. The number of benzene rings is 2. The predicted molar refractivity (Wildman–Crippen MR) is 121 cm³/mol. The molecule has 0 saturated carbocycles. The van der Waals surface area contributed by atoms with Crippen molar-refractivity contribution in [2.45, 2.75) is 11.8 Å². The van der Waals surface area contributed by atoms with E-state index in [-0.39, 0.29) is 32.1 Å². The van der Waals surface area contributed by atoms with Crippen molar-refractivity contribution in [2.24, 2.45) is 0 Å². The molecular weight excluding hydrogens is 461 g/mol. The maximum atomic E-state index is 12.5. The van der Waals surface area contributed by atoms with Gasteiger partial charge in [0.25, 0.3) is 11.8 Å². The predicted octanol–water partition coefficient (Wildman–Crippen LogP) is 4.60. The molecule has 2 amide bonds. The minimum Gasteiger partial charge on any atom is -0.322 e. The van der Waals surface area contributed by atoms with Crippen molar-refractivity contribution in [2.75, 3.05) is 16.9 Å². The Morgan fingerprint density at radius 2 is 1.42 bits per heavy atom. The zero-order chi connectivity index (χ0) is 22.8. The van der Waals surface area contributed by atoms with E-state index in [9.17, 15) is 18.0 Å². The molecule has 0 aliphatic carbocycles. The highest BCUT2D eigenvalue weighted by Crippen LogP contribution is 2.34. The van der Waals surface area contributed by atoms with Crippen LogP contribution >= 0.6 is 23.2 Å². The standard InChI is InChI=1S/C21H17Cl2N3O4S/c1-12-3-4-14(11-24-12)21(28)25-15-9-17(22)19(18(23)10-15)26-20(27)13-5-7-16(8-6-13)31(2,29)30/h3-11H,1-2H3,(H,25,28)(H,26,27). The molecular formula is C21H17Cl2N3O4S. The number of anilines is 2. The monoisotopic (exact) mass is 477 g/mol. The Bertz CT molecular complexity index is 1240. The number of carbonyl (C=O) groups excluding carboxylic acids is 2. The zero-order valence-electron chi connectivity index (χ0n) is 16.4. The summed E-state index contributed by atoms with van der Waals surface area (Å²) in [5.74, 6) is -0.909.